The largest absolute Gasteiger partial charge is 0.352 e. The molecule has 106 valence electrons. The smallest absolute Gasteiger partial charge is 0.237 e. The zero-order valence-corrected chi connectivity index (χ0v) is 11.3. The molecule has 0 aromatic carbocycles. The first kappa shape index (κ1) is 15.6. The van der Waals surface area contributed by atoms with Crippen LogP contribution in [-0.4, -0.2) is 38.5 Å². The fraction of sp³-hybridized carbons (Fsp3) is 0.909. The molecular formula is C11H23N3O3S. The molecule has 1 saturated carbocycles. The summed E-state index contributed by atoms with van der Waals surface area (Å²) >= 11 is -1.79. The predicted molar refractivity (Wildman–Crippen MR) is 71.2 cm³/mol. The number of nitrogens with one attached hydrogen (secondary N) is 1. The van der Waals surface area contributed by atoms with Crippen LogP contribution in [0.4, 0.5) is 0 Å². The van der Waals surface area contributed by atoms with Gasteiger partial charge in [-0.2, -0.15) is 0 Å². The Bertz CT molecular complexity index is 301. The normalized spacial score (nSPS) is 26.8. The number of hydrogen-bond donors (Lipinski definition) is 4. The van der Waals surface area contributed by atoms with Crippen molar-refractivity contribution in [2.75, 3.05) is 6.54 Å². The highest BCUT2D eigenvalue weighted by atomic mass is 32.2. The van der Waals surface area contributed by atoms with Crippen LogP contribution >= 0.6 is 0 Å². The molecule has 0 aliphatic heterocycles. The van der Waals surface area contributed by atoms with Gasteiger partial charge in [0.1, 0.15) is 0 Å². The van der Waals surface area contributed by atoms with Crippen molar-refractivity contribution in [2.45, 2.75) is 55.9 Å². The molecule has 1 rings (SSSR count). The summed E-state index contributed by atoms with van der Waals surface area (Å²) in [6.45, 7) is 0.612. The zero-order valence-electron chi connectivity index (χ0n) is 10.5. The van der Waals surface area contributed by atoms with Gasteiger partial charge in [0.15, 0.2) is 11.1 Å². The molecule has 4 atom stereocenters. The van der Waals surface area contributed by atoms with Gasteiger partial charge in [-0.05, 0) is 38.6 Å². The Hall–Kier alpha value is -0.500. The SMILES string of the molecule is NCCCC[C@H](N)C(=O)NC1CCC(S(=O)O)C1. The quantitative estimate of drug-likeness (QED) is 0.376. The van der Waals surface area contributed by atoms with E-state index >= 15 is 0 Å². The number of hydrogen-bond acceptors (Lipinski definition) is 4. The molecule has 1 aliphatic carbocycles. The molecule has 3 unspecified atom stereocenters. The van der Waals surface area contributed by atoms with Crippen LogP contribution < -0.4 is 16.8 Å². The lowest BCUT2D eigenvalue weighted by Gasteiger charge is -2.16. The maximum absolute atomic E-state index is 11.8. The van der Waals surface area contributed by atoms with Crippen molar-refractivity contribution in [3.05, 3.63) is 0 Å². The van der Waals surface area contributed by atoms with Gasteiger partial charge < -0.3 is 21.3 Å². The second-order valence-electron chi connectivity index (χ2n) is 4.81. The molecule has 0 aromatic rings. The summed E-state index contributed by atoms with van der Waals surface area (Å²) in [5, 5.41) is 2.63. The van der Waals surface area contributed by atoms with Crippen LogP contribution in [-0.2, 0) is 15.9 Å². The van der Waals surface area contributed by atoms with Gasteiger partial charge >= 0.3 is 0 Å². The van der Waals surface area contributed by atoms with Crippen LogP contribution in [0.15, 0.2) is 0 Å². The maximum atomic E-state index is 11.8. The Morgan fingerprint density at radius 1 is 1.44 bits per heavy atom. The van der Waals surface area contributed by atoms with E-state index in [9.17, 15) is 9.00 Å². The van der Waals surface area contributed by atoms with Gasteiger partial charge in [-0.1, -0.05) is 6.42 Å². The summed E-state index contributed by atoms with van der Waals surface area (Å²) in [4.78, 5) is 11.8. The minimum absolute atomic E-state index is 0.0147. The lowest BCUT2D eigenvalue weighted by molar-refractivity contribution is -0.123. The van der Waals surface area contributed by atoms with E-state index in [0.29, 0.717) is 25.8 Å². The fourth-order valence-corrected chi connectivity index (χ4v) is 2.94. The van der Waals surface area contributed by atoms with Crippen LogP contribution in [0, 0.1) is 0 Å². The van der Waals surface area contributed by atoms with E-state index in [1.807, 2.05) is 0 Å². The first-order valence-electron chi connectivity index (χ1n) is 6.40. The molecule has 0 radical (unpaired) electrons. The van der Waals surface area contributed by atoms with Crippen LogP contribution in [0.5, 0.6) is 0 Å². The van der Waals surface area contributed by atoms with Crippen molar-refractivity contribution < 1.29 is 13.6 Å². The van der Waals surface area contributed by atoms with E-state index in [0.717, 1.165) is 19.3 Å². The summed E-state index contributed by atoms with van der Waals surface area (Å²) in [6, 6.07) is -0.519. The molecule has 6 N–H and O–H groups in total. The lowest BCUT2D eigenvalue weighted by Crippen LogP contribution is -2.44. The molecule has 0 bridgehead atoms. The fourth-order valence-electron chi connectivity index (χ4n) is 2.20. The Labute approximate surface area is 110 Å². The highest BCUT2D eigenvalue weighted by molar-refractivity contribution is 7.79. The Morgan fingerprint density at radius 3 is 2.72 bits per heavy atom. The van der Waals surface area contributed by atoms with Gasteiger partial charge in [0.05, 0.1) is 11.3 Å². The third kappa shape index (κ3) is 5.01. The topological polar surface area (TPSA) is 118 Å². The van der Waals surface area contributed by atoms with Gasteiger partial charge in [0, 0.05) is 6.04 Å². The minimum Gasteiger partial charge on any atom is -0.352 e. The van der Waals surface area contributed by atoms with Crippen LogP contribution in [0.25, 0.3) is 0 Å². The van der Waals surface area contributed by atoms with E-state index in [4.69, 9.17) is 16.0 Å². The summed E-state index contributed by atoms with van der Waals surface area (Å²) in [7, 11) is 0. The van der Waals surface area contributed by atoms with Crippen molar-refractivity contribution in [1.82, 2.24) is 5.32 Å². The van der Waals surface area contributed by atoms with E-state index in [1.165, 1.54) is 0 Å². The second kappa shape index (κ2) is 7.83. The number of rotatable bonds is 7. The standard InChI is InChI=1S/C11H23N3O3S/c12-6-2-1-3-10(13)11(15)14-8-4-5-9(7-8)18(16)17/h8-10H,1-7,12-13H2,(H,14,15)(H,16,17)/t8?,9?,10-/m0/s1. The molecule has 0 spiro atoms. The molecule has 1 aliphatic rings. The van der Waals surface area contributed by atoms with Crippen LogP contribution in [0.3, 0.4) is 0 Å². The van der Waals surface area contributed by atoms with Gasteiger partial charge in [-0.15, -0.1) is 0 Å². The van der Waals surface area contributed by atoms with Crippen LogP contribution in [0.1, 0.15) is 38.5 Å². The van der Waals surface area contributed by atoms with Crippen molar-refractivity contribution in [3.63, 3.8) is 0 Å². The van der Waals surface area contributed by atoms with Crippen molar-refractivity contribution in [3.8, 4) is 0 Å². The Kier molecular flexibility index (Phi) is 6.77. The monoisotopic (exact) mass is 277 g/mol. The molecule has 1 fully saturated rings. The van der Waals surface area contributed by atoms with Gasteiger partial charge in [0.25, 0.3) is 0 Å². The molecule has 0 heterocycles. The minimum atomic E-state index is -1.79. The molecule has 6 nitrogen and oxygen atoms in total. The lowest BCUT2D eigenvalue weighted by atomic mass is 10.1. The van der Waals surface area contributed by atoms with E-state index in [2.05, 4.69) is 5.32 Å². The number of carbonyl (C=O) groups is 1. The molecule has 0 aromatic heterocycles. The summed E-state index contributed by atoms with van der Waals surface area (Å²) < 4.78 is 19.9. The van der Waals surface area contributed by atoms with E-state index in [-0.39, 0.29) is 17.2 Å². The van der Waals surface area contributed by atoms with Gasteiger partial charge in [0.2, 0.25) is 5.91 Å². The second-order valence-corrected chi connectivity index (χ2v) is 6.03. The highest BCUT2D eigenvalue weighted by Gasteiger charge is 2.30. The summed E-state index contributed by atoms with van der Waals surface area (Å²) in [5.41, 5.74) is 11.1. The number of carbonyl (C=O) groups excluding carboxylic acids is 1. The zero-order chi connectivity index (χ0) is 13.5. The van der Waals surface area contributed by atoms with Gasteiger partial charge in [-0.25, -0.2) is 4.21 Å². The van der Waals surface area contributed by atoms with Crippen molar-refractivity contribution >= 4 is 17.0 Å². The molecule has 18 heavy (non-hydrogen) atoms. The van der Waals surface area contributed by atoms with Crippen molar-refractivity contribution in [2.24, 2.45) is 11.5 Å². The highest BCUT2D eigenvalue weighted by Crippen LogP contribution is 2.23. The summed E-state index contributed by atoms with van der Waals surface area (Å²) in [6.07, 6.45) is 4.33. The predicted octanol–water partition coefficient (Wildman–Crippen LogP) is -0.298. The number of amides is 1. The number of unbranched alkanes of at least 4 members (excludes halogenated alkanes) is 1. The van der Waals surface area contributed by atoms with E-state index < -0.39 is 17.1 Å². The molecular weight excluding hydrogens is 254 g/mol. The number of nitrogens with two attached hydrogens (primary N) is 2. The molecule has 7 heteroatoms. The Morgan fingerprint density at radius 2 is 2.17 bits per heavy atom. The average Bonchev–Trinajstić information content (AvgIpc) is 2.77. The molecule has 1 amide bonds. The third-order valence-corrected chi connectivity index (χ3v) is 4.32. The van der Waals surface area contributed by atoms with E-state index in [1.54, 1.807) is 0 Å². The summed E-state index contributed by atoms with van der Waals surface area (Å²) in [5.74, 6) is -0.165. The van der Waals surface area contributed by atoms with Crippen molar-refractivity contribution in [1.29, 1.82) is 0 Å². The molecule has 0 saturated heterocycles. The first-order valence-corrected chi connectivity index (χ1v) is 7.57. The average molecular weight is 277 g/mol. The third-order valence-electron chi connectivity index (χ3n) is 3.32. The maximum Gasteiger partial charge on any atom is 0.237 e. The first-order chi connectivity index (χ1) is 8.54. The van der Waals surface area contributed by atoms with Gasteiger partial charge in [-0.3, -0.25) is 4.79 Å². The Balaban J connectivity index is 2.26. The van der Waals surface area contributed by atoms with Crippen LogP contribution in [0.2, 0.25) is 0 Å².